The first-order valence-corrected chi connectivity index (χ1v) is 9.20. The van der Waals surface area contributed by atoms with Crippen LogP contribution in [0.15, 0.2) is 43.7 Å². The molecule has 1 N–H and O–H groups in total. The number of thiophene rings is 1. The van der Waals surface area contributed by atoms with E-state index in [0.717, 1.165) is 8.66 Å². The topological polar surface area (TPSA) is 59.1 Å². The van der Waals surface area contributed by atoms with Gasteiger partial charge in [-0.2, -0.15) is 0 Å². The summed E-state index contributed by atoms with van der Waals surface area (Å²) < 4.78 is 28.2. The van der Waals surface area contributed by atoms with Gasteiger partial charge in [-0.3, -0.25) is 4.98 Å². The van der Waals surface area contributed by atoms with Gasteiger partial charge < -0.3 is 0 Å². The summed E-state index contributed by atoms with van der Waals surface area (Å²) in [4.78, 5) is 5.14. The Morgan fingerprint density at radius 1 is 1.26 bits per heavy atom. The molecule has 0 spiro atoms. The molecule has 0 radical (unpaired) electrons. The maximum atomic E-state index is 12.0. The second-order valence-corrected chi connectivity index (χ2v) is 8.92. The molecule has 0 aromatic carbocycles. The highest BCUT2D eigenvalue weighted by atomic mass is 79.9. The minimum atomic E-state index is -3.50. The third kappa shape index (κ3) is 4.35. The molecule has 2 heterocycles. The molecule has 0 aliphatic carbocycles. The Labute approximate surface area is 132 Å². The molecule has 0 unspecified atom stereocenters. The number of nitrogens with zero attached hydrogens (tertiary/aromatic N) is 1. The monoisotopic (exact) mass is 424 g/mol. The first-order valence-electron chi connectivity index (χ1n) is 5.32. The summed E-state index contributed by atoms with van der Waals surface area (Å²) in [6.07, 6.45) is 3.54. The van der Waals surface area contributed by atoms with Crippen molar-refractivity contribution in [2.24, 2.45) is 0 Å². The SMILES string of the molecule is O=S(=O)(NCCc1ccc(Br)s1)c1cncc(Br)c1. The summed E-state index contributed by atoms with van der Waals surface area (Å²) in [5, 5.41) is 0. The molecular formula is C11H10Br2N2O2S2. The molecule has 8 heteroatoms. The van der Waals surface area contributed by atoms with Gasteiger partial charge in [-0.25, -0.2) is 13.1 Å². The molecule has 2 aromatic heterocycles. The smallest absolute Gasteiger partial charge is 0.242 e. The first kappa shape index (κ1) is 15.1. The highest BCUT2D eigenvalue weighted by molar-refractivity contribution is 9.11. The van der Waals surface area contributed by atoms with E-state index in [1.54, 1.807) is 17.5 Å². The zero-order valence-corrected chi connectivity index (χ0v) is 14.4. The van der Waals surface area contributed by atoms with Crippen molar-refractivity contribution in [2.45, 2.75) is 11.3 Å². The van der Waals surface area contributed by atoms with E-state index in [0.29, 0.717) is 17.4 Å². The zero-order valence-electron chi connectivity index (χ0n) is 9.64. The average Bonchev–Trinajstić information content (AvgIpc) is 2.75. The molecule has 0 saturated carbocycles. The summed E-state index contributed by atoms with van der Waals surface area (Å²) in [5.74, 6) is 0. The normalized spacial score (nSPS) is 11.7. The lowest BCUT2D eigenvalue weighted by atomic mass is 10.3. The third-order valence-electron chi connectivity index (χ3n) is 2.28. The number of aromatic nitrogens is 1. The molecule has 19 heavy (non-hydrogen) atoms. The van der Waals surface area contributed by atoms with Crippen LogP contribution in [0.4, 0.5) is 0 Å². The minimum Gasteiger partial charge on any atom is -0.262 e. The van der Waals surface area contributed by atoms with Crippen molar-refractivity contribution >= 4 is 53.2 Å². The second-order valence-electron chi connectivity index (χ2n) is 3.69. The average molecular weight is 426 g/mol. The van der Waals surface area contributed by atoms with Gasteiger partial charge in [0.2, 0.25) is 10.0 Å². The van der Waals surface area contributed by atoms with E-state index in [4.69, 9.17) is 0 Å². The van der Waals surface area contributed by atoms with E-state index in [1.807, 2.05) is 12.1 Å². The quantitative estimate of drug-likeness (QED) is 0.800. The highest BCUT2D eigenvalue weighted by Gasteiger charge is 2.14. The van der Waals surface area contributed by atoms with Crippen LogP contribution in [0.25, 0.3) is 0 Å². The predicted octanol–water partition coefficient (Wildman–Crippen LogP) is 3.19. The summed E-state index contributed by atoms with van der Waals surface area (Å²) >= 11 is 8.18. The molecule has 0 saturated heterocycles. The summed E-state index contributed by atoms with van der Waals surface area (Å²) in [7, 11) is -3.50. The number of hydrogen-bond donors (Lipinski definition) is 1. The Kier molecular flexibility index (Phi) is 5.13. The van der Waals surface area contributed by atoms with Crippen molar-refractivity contribution in [3.05, 3.63) is 43.7 Å². The second kappa shape index (κ2) is 6.45. The van der Waals surface area contributed by atoms with E-state index in [1.165, 1.54) is 12.3 Å². The number of hydrogen-bond acceptors (Lipinski definition) is 4. The van der Waals surface area contributed by atoms with E-state index in [-0.39, 0.29) is 4.90 Å². The lowest BCUT2D eigenvalue weighted by Crippen LogP contribution is -2.25. The Morgan fingerprint density at radius 2 is 2.05 bits per heavy atom. The molecule has 0 amide bonds. The van der Waals surface area contributed by atoms with Gasteiger partial charge >= 0.3 is 0 Å². The Morgan fingerprint density at radius 3 is 2.68 bits per heavy atom. The van der Waals surface area contributed by atoms with Crippen LogP contribution in [0.2, 0.25) is 0 Å². The van der Waals surface area contributed by atoms with Gasteiger partial charge in [0.05, 0.1) is 3.79 Å². The van der Waals surface area contributed by atoms with Gasteiger partial charge in [-0.05, 0) is 56.5 Å². The van der Waals surface area contributed by atoms with Crippen molar-refractivity contribution in [2.75, 3.05) is 6.54 Å². The summed E-state index contributed by atoms with van der Waals surface area (Å²) in [6.45, 7) is 0.363. The summed E-state index contributed by atoms with van der Waals surface area (Å²) in [5.41, 5.74) is 0. The molecule has 0 fully saturated rings. The third-order valence-corrected chi connectivity index (χ3v) is 5.83. The Bertz CT molecular complexity index is 671. The molecule has 2 aromatic rings. The standard InChI is InChI=1S/C11H10Br2N2O2S2/c12-8-5-10(7-14-6-8)19(16,17)15-4-3-9-1-2-11(13)18-9/h1-2,5-7,15H,3-4H2. The van der Waals surface area contributed by atoms with Crippen LogP contribution in [0.1, 0.15) is 4.88 Å². The predicted molar refractivity (Wildman–Crippen MR) is 82.8 cm³/mol. The van der Waals surface area contributed by atoms with Gasteiger partial charge in [0, 0.05) is 28.3 Å². The van der Waals surface area contributed by atoms with E-state index in [9.17, 15) is 8.42 Å². The van der Waals surface area contributed by atoms with E-state index in [2.05, 4.69) is 41.6 Å². The fourth-order valence-corrected chi connectivity index (χ4v) is 4.44. The maximum Gasteiger partial charge on any atom is 0.242 e. The largest absolute Gasteiger partial charge is 0.262 e. The highest BCUT2D eigenvalue weighted by Crippen LogP contribution is 2.22. The Balaban J connectivity index is 1.98. The van der Waals surface area contributed by atoms with Crippen molar-refractivity contribution in [3.8, 4) is 0 Å². The van der Waals surface area contributed by atoms with Crippen LogP contribution in [0.5, 0.6) is 0 Å². The maximum absolute atomic E-state index is 12.0. The van der Waals surface area contributed by atoms with Crippen LogP contribution in [0.3, 0.4) is 0 Å². The molecule has 0 aliphatic rings. The van der Waals surface area contributed by atoms with Crippen molar-refractivity contribution < 1.29 is 8.42 Å². The molecule has 0 bridgehead atoms. The van der Waals surface area contributed by atoms with Gasteiger partial charge in [0.25, 0.3) is 0 Å². The minimum absolute atomic E-state index is 0.161. The van der Waals surface area contributed by atoms with Crippen LogP contribution >= 0.6 is 43.2 Å². The first-order chi connectivity index (χ1) is 8.97. The van der Waals surface area contributed by atoms with Gasteiger partial charge in [-0.15, -0.1) is 11.3 Å². The van der Waals surface area contributed by atoms with Gasteiger partial charge in [-0.1, -0.05) is 0 Å². The number of halogens is 2. The van der Waals surface area contributed by atoms with E-state index >= 15 is 0 Å². The fourth-order valence-electron chi connectivity index (χ4n) is 1.42. The van der Waals surface area contributed by atoms with E-state index < -0.39 is 10.0 Å². The molecule has 0 aliphatic heterocycles. The van der Waals surface area contributed by atoms with Crippen LogP contribution in [0, 0.1) is 0 Å². The summed E-state index contributed by atoms with van der Waals surface area (Å²) in [6, 6.07) is 5.45. The van der Waals surface area contributed by atoms with Crippen molar-refractivity contribution in [1.82, 2.24) is 9.71 Å². The lowest BCUT2D eigenvalue weighted by molar-refractivity contribution is 0.581. The van der Waals surface area contributed by atoms with Crippen molar-refractivity contribution in [3.63, 3.8) is 0 Å². The molecule has 0 atom stereocenters. The number of rotatable bonds is 5. The van der Waals surface area contributed by atoms with Crippen molar-refractivity contribution in [1.29, 1.82) is 0 Å². The molecule has 102 valence electrons. The van der Waals surface area contributed by atoms with Crippen LogP contribution in [-0.2, 0) is 16.4 Å². The lowest BCUT2D eigenvalue weighted by Gasteiger charge is -2.05. The number of nitrogens with one attached hydrogen (secondary N) is 1. The van der Waals surface area contributed by atoms with Crippen LogP contribution < -0.4 is 4.72 Å². The fraction of sp³-hybridized carbons (Fsp3) is 0.182. The number of sulfonamides is 1. The number of pyridine rings is 1. The van der Waals surface area contributed by atoms with Gasteiger partial charge in [0.15, 0.2) is 0 Å². The zero-order chi connectivity index (χ0) is 13.9. The Hall–Kier alpha value is -0.280. The van der Waals surface area contributed by atoms with Gasteiger partial charge in [0.1, 0.15) is 4.90 Å². The molecule has 2 rings (SSSR count). The molecule has 4 nitrogen and oxygen atoms in total. The molecular weight excluding hydrogens is 416 g/mol. The van der Waals surface area contributed by atoms with Crippen LogP contribution in [-0.4, -0.2) is 19.9 Å².